The van der Waals surface area contributed by atoms with Crippen molar-refractivity contribution < 1.29 is 4.79 Å². The summed E-state index contributed by atoms with van der Waals surface area (Å²) in [5.74, 6) is -0.121. The fourth-order valence-corrected chi connectivity index (χ4v) is 1.50. The third-order valence-electron chi connectivity index (χ3n) is 2.04. The van der Waals surface area contributed by atoms with Gasteiger partial charge in [0.2, 0.25) is 5.91 Å². The number of amides is 1. The van der Waals surface area contributed by atoms with Crippen LogP contribution < -0.4 is 11.1 Å². The molecule has 0 spiro atoms. The fourth-order valence-electron chi connectivity index (χ4n) is 1.09. The lowest BCUT2D eigenvalue weighted by atomic mass is 10.2. The molecule has 3 N–H and O–H groups in total. The number of nitrogens with one attached hydrogen (secondary N) is 1. The first-order chi connectivity index (χ1) is 7.13. The van der Waals surface area contributed by atoms with Crippen LogP contribution in [0.5, 0.6) is 0 Å². The quantitative estimate of drug-likeness (QED) is 0.760. The zero-order chi connectivity index (χ0) is 11.3. The van der Waals surface area contributed by atoms with Crippen LogP contribution >= 0.6 is 11.8 Å². The van der Waals surface area contributed by atoms with Crippen LogP contribution in [0.25, 0.3) is 0 Å². The zero-order valence-electron chi connectivity index (χ0n) is 8.99. The molecule has 0 aliphatic rings. The lowest BCUT2D eigenvalue weighted by molar-refractivity contribution is -0.122. The van der Waals surface area contributed by atoms with E-state index in [1.54, 1.807) is 18.7 Å². The Morgan fingerprint density at radius 3 is 2.53 bits per heavy atom. The van der Waals surface area contributed by atoms with Gasteiger partial charge < -0.3 is 11.1 Å². The van der Waals surface area contributed by atoms with Crippen molar-refractivity contribution in [1.82, 2.24) is 5.32 Å². The van der Waals surface area contributed by atoms with Crippen LogP contribution in [0.2, 0.25) is 0 Å². The minimum Gasteiger partial charge on any atom is -0.351 e. The number of benzene rings is 1. The largest absolute Gasteiger partial charge is 0.351 e. The molecule has 0 saturated carbocycles. The third-order valence-corrected chi connectivity index (χ3v) is 2.78. The highest BCUT2D eigenvalue weighted by molar-refractivity contribution is 7.98. The number of carbonyl (C=O) groups is 1. The summed E-state index contributed by atoms with van der Waals surface area (Å²) in [4.78, 5) is 12.4. The van der Waals surface area contributed by atoms with Crippen molar-refractivity contribution in [3.8, 4) is 0 Å². The van der Waals surface area contributed by atoms with E-state index in [0.29, 0.717) is 6.54 Å². The van der Waals surface area contributed by atoms with Gasteiger partial charge in [-0.25, -0.2) is 0 Å². The van der Waals surface area contributed by atoms with Gasteiger partial charge in [0.25, 0.3) is 0 Å². The third kappa shape index (κ3) is 3.93. The average molecular weight is 224 g/mol. The van der Waals surface area contributed by atoms with Crippen LogP contribution in [-0.4, -0.2) is 18.2 Å². The maximum Gasteiger partial charge on any atom is 0.236 e. The number of carbonyl (C=O) groups excluding carboxylic acids is 1. The maximum atomic E-state index is 11.2. The van der Waals surface area contributed by atoms with Crippen molar-refractivity contribution in [3.05, 3.63) is 29.8 Å². The summed E-state index contributed by atoms with van der Waals surface area (Å²) < 4.78 is 0. The lowest BCUT2D eigenvalue weighted by Crippen LogP contribution is -2.37. The topological polar surface area (TPSA) is 55.1 Å². The Kier molecular flexibility index (Phi) is 4.65. The number of thioether (sulfide) groups is 1. The van der Waals surface area contributed by atoms with Gasteiger partial charge in [0, 0.05) is 11.4 Å². The van der Waals surface area contributed by atoms with Crippen molar-refractivity contribution in [2.45, 2.75) is 24.4 Å². The first-order valence-electron chi connectivity index (χ1n) is 4.79. The summed E-state index contributed by atoms with van der Waals surface area (Å²) in [6.45, 7) is 2.21. The van der Waals surface area contributed by atoms with Crippen molar-refractivity contribution >= 4 is 17.7 Å². The molecule has 1 aromatic rings. The van der Waals surface area contributed by atoms with E-state index in [4.69, 9.17) is 5.73 Å². The van der Waals surface area contributed by atoms with Gasteiger partial charge >= 0.3 is 0 Å². The normalized spacial score (nSPS) is 12.2. The minimum absolute atomic E-state index is 0.121. The van der Waals surface area contributed by atoms with E-state index < -0.39 is 6.04 Å². The number of rotatable bonds is 4. The Bertz CT molecular complexity index is 322. The summed E-state index contributed by atoms with van der Waals surface area (Å²) in [6.07, 6.45) is 2.03. The smallest absolute Gasteiger partial charge is 0.236 e. The van der Waals surface area contributed by atoms with Gasteiger partial charge in [-0.1, -0.05) is 12.1 Å². The van der Waals surface area contributed by atoms with E-state index in [0.717, 1.165) is 5.56 Å². The van der Waals surface area contributed by atoms with Crippen LogP contribution in [-0.2, 0) is 11.3 Å². The molecule has 0 aliphatic carbocycles. The van der Waals surface area contributed by atoms with Crippen LogP contribution in [0.4, 0.5) is 0 Å². The van der Waals surface area contributed by atoms with Crippen molar-refractivity contribution in [2.75, 3.05) is 6.26 Å². The second-order valence-corrected chi connectivity index (χ2v) is 4.23. The van der Waals surface area contributed by atoms with E-state index in [1.807, 2.05) is 30.5 Å². The molecule has 0 bridgehead atoms. The molecule has 1 aromatic carbocycles. The summed E-state index contributed by atoms with van der Waals surface area (Å²) in [7, 11) is 0. The predicted molar refractivity (Wildman–Crippen MR) is 63.7 cm³/mol. The van der Waals surface area contributed by atoms with Gasteiger partial charge in [-0.15, -0.1) is 11.8 Å². The Hall–Kier alpha value is -1.00. The Labute approximate surface area is 94.4 Å². The molecular weight excluding hydrogens is 208 g/mol. The molecule has 1 amide bonds. The first-order valence-corrected chi connectivity index (χ1v) is 6.02. The second-order valence-electron chi connectivity index (χ2n) is 3.35. The van der Waals surface area contributed by atoms with Gasteiger partial charge in [-0.2, -0.15) is 0 Å². The first kappa shape index (κ1) is 12.1. The molecule has 15 heavy (non-hydrogen) atoms. The van der Waals surface area contributed by atoms with Crippen LogP contribution in [0, 0.1) is 0 Å². The maximum absolute atomic E-state index is 11.2. The highest BCUT2D eigenvalue weighted by atomic mass is 32.2. The molecule has 0 aliphatic heterocycles. The summed E-state index contributed by atoms with van der Waals surface area (Å²) >= 11 is 1.70. The van der Waals surface area contributed by atoms with Crippen molar-refractivity contribution in [2.24, 2.45) is 5.73 Å². The molecule has 0 saturated heterocycles. The van der Waals surface area contributed by atoms with Gasteiger partial charge in [0.15, 0.2) is 0 Å². The molecule has 0 radical (unpaired) electrons. The highest BCUT2D eigenvalue weighted by Crippen LogP contribution is 2.14. The van der Waals surface area contributed by atoms with Gasteiger partial charge in [-0.05, 0) is 30.9 Å². The van der Waals surface area contributed by atoms with Crippen molar-refractivity contribution in [3.63, 3.8) is 0 Å². The molecule has 0 heterocycles. The van der Waals surface area contributed by atoms with Crippen molar-refractivity contribution in [1.29, 1.82) is 0 Å². The fraction of sp³-hybridized carbons (Fsp3) is 0.364. The number of hydrogen-bond donors (Lipinski definition) is 2. The lowest BCUT2D eigenvalue weighted by Gasteiger charge is -2.07. The number of hydrogen-bond acceptors (Lipinski definition) is 3. The van der Waals surface area contributed by atoms with Crippen LogP contribution in [0.15, 0.2) is 29.2 Å². The van der Waals surface area contributed by atoms with Gasteiger partial charge in [0.05, 0.1) is 6.04 Å². The predicted octanol–water partition coefficient (Wildman–Crippen LogP) is 1.37. The van der Waals surface area contributed by atoms with E-state index in [2.05, 4.69) is 5.32 Å². The zero-order valence-corrected chi connectivity index (χ0v) is 9.80. The summed E-state index contributed by atoms with van der Waals surface area (Å²) in [6, 6.07) is 7.65. The molecule has 0 aromatic heterocycles. The molecule has 1 rings (SSSR count). The van der Waals surface area contributed by atoms with Gasteiger partial charge in [-0.3, -0.25) is 4.79 Å². The van der Waals surface area contributed by atoms with Crippen LogP contribution in [0.1, 0.15) is 12.5 Å². The Morgan fingerprint density at radius 2 is 2.07 bits per heavy atom. The molecular formula is C11H16N2OS. The standard InChI is InChI=1S/C11H16N2OS/c1-8(12)11(14)13-7-9-3-5-10(15-2)6-4-9/h3-6,8H,7,12H2,1-2H3,(H,13,14)/t8-/m1/s1. The minimum atomic E-state index is -0.449. The number of nitrogens with two attached hydrogens (primary N) is 1. The van der Waals surface area contributed by atoms with Gasteiger partial charge in [0.1, 0.15) is 0 Å². The molecule has 0 unspecified atom stereocenters. The molecule has 1 atom stereocenters. The van der Waals surface area contributed by atoms with E-state index in [-0.39, 0.29) is 5.91 Å². The van der Waals surface area contributed by atoms with E-state index in [1.165, 1.54) is 4.90 Å². The van der Waals surface area contributed by atoms with E-state index >= 15 is 0 Å². The molecule has 4 heteroatoms. The van der Waals surface area contributed by atoms with Crippen LogP contribution in [0.3, 0.4) is 0 Å². The Balaban J connectivity index is 2.47. The molecule has 0 fully saturated rings. The van der Waals surface area contributed by atoms with E-state index in [9.17, 15) is 4.79 Å². The molecule has 82 valence electrons. The summed E-state index contributed by atoms with van der Waals surface area (Å²) in [5, 5.41) is 2.77. The SMILES string of the molecule is CSc1ccc(CNC(=O)[C@@H](C)N)cc1. The summed E-state index contributed by atoms with van der Waals surface area (Å²) in [5.41, 5.74) is 6.52. The Morgan fingerprint density at radius 1 is 1.47 bits per heavy atom. The second kappa shape index (κ2) is 5.78. The molecule has 3 nitrogen and oxygen atoms in total. The average Bonchev–Trinajstić information content (AvgIpc) is 2.26. The monoisotopic (exact) mass is 224 g/mol. The highest BCUT2D eigenvalue weighted by Gasteiger charge is 2.05.